The Morgan fingerprint density at radius 3 is 2.86 bits per heavy atom. The van der Waals surface area contributed by atoms with E-state index < -0.39 is 0 Å². The van der Waals surface area contributed by atoms with Gasteiger partial charge in [-0.2, -0.15) is 0 Å². The van der Waals surface area contributed by atoms with Crippen molar-refractivity contribution in [2.45, 2.75) is 33.1 Å². The maximum atomic E-state index is 5.21. The largest absolute Gasteiger partial charge is 0.384 e. The first-order chi connectivity index (χ1) is 10.3. The number of hydrogen-bond acceptors (Lipinski definition) is 3. The van der Waals surface area contributed by atoms with Crippen LogP contribution in [0.3, 0.4) is 0 Å². The summed E-state index contributed by atoms with van der Waals surface area (Å²) in [5, 5.41) is 3.44. The Labute approximate surface area is 127 Å². The van der Waals surface area contributed by atoms with Gasteiger partial charge in [0.1, 0.15) is 0 Å². The summed E-state index contributed by atoms with van der Waals surface area (Å²) in [6, 6.07) is 8.43. The summed E-state index contributed by atoms with van der Waals surface area (Å²) in [5.74, 6) is 0.922. The van der Waals surface area contributed by atoms with Gasteiger partial charge in [-0.3, -0.25) is 4.57 Å². The van der Waals surface area contributed by atoms with E-state index in [1.807, 2.05) is 6.92 Å². The lowest BCUT2D eigenvalue weighted by Gasteiger charge is -2.13. The molecule has 0 atom stereocenters. The van der Waals surface area contributed by atoms with E-state index in [9.17, 15) is 0 Å². The van der Waals surface area contributed by atoms with E-state index in [2.05, 4.69) is 52.3 Å². The Morgan fingerprint density at radius 1 is 1.29 bits per heavy atom. The lowest BCUT2D eigenvalue weighted by Crippen LogP contribution is -2.09. The molecule has 4 heteroatoms. The molecule has 0 bridgehead atoms. The van der Waals surface area contributed by atoms with Crippen LogP contribution >= 0.6 is 0 Å². The Kier molecular flexibility index (Phi) is 5.81. The van der Waals surface area contributed by atoms with Crippen LogP contribution in [0.4, 0.5) is 5.95 Å². The maximum Gasteiger partial charge on any atom is 0.207 e. The second kappa shape index (κ2) is 7.84. The molecule has 1 heterocycles. The van der Waals surface area contributed by atoms with E-state index in [0.29, 0.717) is 0 Å². The summed E-state index contributed by atoms with van der Waals surface area (Å²) < 4.78 is 7.36. The molecule has 4 nitrogen and oxygen atoms in total. The Hall–Kier alpha value is -1.81. The second-order valence-corrected chi connectivity index (χ2v) is 5.23. The molecule has 0 aliphatic carbocycles. The highest BCUT2D eigenvalue weighted by atomic mass is 16.5. The van der Waals surface area contributed by atoms with Gasteiger partial charge >= 0.3 is 0 Å². The first-order valence-electron chi connectivity index (χ1n) is 7.63. The first kappa shape index (κ1) is 15.6. The maximum absolute atomic E-state index is 5.21. The van der Waals surface area contributed by atoms with Gasteiger partial charge in [-0.25, -0.2) is 4.98 Å². The molecule has 21 heavy (non-hydrogen) atoms. The van der Waals surface area contributed by atoms with Gasteiger partial charge in [0.2, 0.25) is 5.95 Å². The van der Waals surface area contributed by atoms with Crippen molar-refractivity contribution in [2.75, 3.05) is 25.6 Å². The molecule has 0 spiro atoms. The number of nitrogens with zero attached hydrogens (tertiary/aromatic N) is 2. The number of methoxy groups -OCH3 is 1. The van der Waals surface area contributed by atoms with Crippen LogP contribution in [-0.2, 0) is 11.2 Å². The van der Waals surface area contributed by atoms with Gasteiger partial charge in [-0.05, 0) is 31.4 Å². The van der Waals surface area contributed by atoms with Crippen molar-refractivity contribution in [1.82, 2.24) is 9.55 Å². The molecule has 2 rings (SSSR count). The van der Waals surface area contributed by atoms with E-state index in [0.717, 1.165) is 37.6 Å². The normalized spacial score (nSPS) is 10.8. The van der Waals surface area contributed by atoms with Crippen molar-refractivity contribution < 1.29 is 4.74 Å². The van der Waals surface area contributed by atoms with Crippen LogP contribution < -0.4 is 5.32 Å². The average Bonchev–Trinajstić information content (AvgIpc) is 2.86. The van der Waals surface area contributed by atoms with Gasteiger partial charge in [-0.1, -0.05) is 31.5 Å². The molecule has 1 aromatic carbocycles. The van der Waals surface area contributed by atoms with Crippen LogP contribution in [0.5, 0.6) is 0 Å². The molecular formula is C17H25N3O. The first-order valence-corrected chi connectivity index (χ1v) is 7.63. The van der Waals surface area contributed by atoms with E-state index in [-0.39, 0.29) is 0 Å². The van der Waals surface area contributed by atoms with Crippen molar-refractivity contribution in [1.29, 1.82) is 0 Å². The Bertz CT molecular complexity index is 563. The number of aryl methyl sites for hydroxylation is 1. The predicted octanol–water partition coefficient (Wildman–Crippen LogP) is 3.58. The summed E-state index contributed by atoms with van der Waals surface area (Å²) in [5.41, 5.74) is 3.47. The third-order valence-electron chi connectivity index (χ3n) is 3.47. The summed E-state index contributed by atoms with van der Waals surface area (Å²) in [6.07, 6.45) is 5.31. The quantitative estimate of drug-likeness (QED) is 0.754. The van der Waals surface area contributed by atoms with Crippen LogP contribution in [-0.4, -0.2) is 29.8 Å². The van der Waals surface area contributed by atoms with Crippen molar-refractivity contribution in [2.24, 2.45) is 0 Å². The second-order valence-electron chi connectivity index (χ2n) is 5.23. The fourth-order valence-electron chi connectivity index (χ4n) is 2.35. The van der Waals surface area contributed by atoms with E-state index >= 15 is 0 Å². The third-order valence-corrected chi connectivity index (χ3v) is 3.47. The molecule has 114 valence electrons. The molecular weight excluding hydrogens is 262 g/mol. The van der Waals surface area contributed by atoms with Crippen LogP contribution in [0.1, 0.15) is 31.0 Å². The summed E-state index contributed by atoms with van der Waals surface area (Å²) in [7, 11) is 1.74. The molecule has 0 saturated carbocycles. The smallest absolute Gasteiger partial charge is 0.207 e. The van der Waals surface area contributed by atoms with Crippen LogP contribution in [0.25, 0.3) is 5.69 Å². The zero-order valence-electron chi connectivity index (χ0n) is 13.2. The molecule has 1 aromatic heterocycles. The Morgan fingerprint density at radius 2 is 2.10 bits per heavy atom. The monoisotopic (exact) mass is 287 g/mol. The van der Waals surface area contributed by atoms with Gasteiger partial charge in [-0.15, -0.1) is 0 Å². The average molecular weight is 287 g/mol. The van der Waals surface area contributed by atoms with Gasteiger partial charge in [0.15, 0.2) is 0 Å². The molecule has 0 unspecified atom stereocenters. The van der Waals surface area contributed by atoms with Crippen molar-refractivity contribution in [3.05, 3.63) is 41.7 Å². The van der Waals surface area contributed by atoms with Gasteiger partial charge < -0.3 is 10.1 Å². The number of nitrogens with one attached hydrogen (secondary N) is 1. The van der Waals surface area contributed by atoms with E-state index in [1.54, 1.807) is 7.11 Å². The van der Waals surface area contributed by atoms with Crippen LogP contribution in [0, 0.1) is 6.92 Å². The van der Waals surface area contributed by atoms with Gasteiger partial charge in [0.25, 0.3) is 0 Å². The fourth-order valence-corrected chi connectivity index (χ4v) is 2.35. The SMILES string of the molecule is CCCCNc1nc(C)cn1-c1ccccc1CCOC. The highest BCUT2D eigenvalue weighted by molar-refractivity contribution is 5.48. The van der Waals surface area contributed by atoms with Crippen molar-refractivity contribution in [3.63, 3.8) is 0 Å². The minimum Gasteiger partial charge on any atom is -0.384 e. The van der Waals surface area contributed by atoms with Crippen molar-refractivity contribution >= 4 is 5.95 Å². The molecule has 0 radical (unpaired) electrons. The number of anilines is 1. The van der Waals surface area contributed by atoms with Crippen LogP contribution in [0.15, 0.2) is 30.5 Å². The molecule has 0 amide bonds. The Balaban J connectivity index is 2.28. The number of rotatable bonds is 8. The van der Waals surface area contributed by atoms with Gasteiger partial charge in [0, 0.05) is 19.9 Å². The minimum atomic E-state index is 0.725. The lowest BCUT2D eigenvalue weighted by atomic mass is 10.1. The fraction of sp³-hybridized carbons (Fsp3) is 0.471. The predicted molar refractivity (Wildman–Crippen MR) is 87.3 cm³/mol. The number of unbranched alkanes of at least 4 members (excludes halogenated alkanes) is 1. The standard InChI is InChI=1S/C17H25N3O/c1-4-5-11-18-17-19-14(2)13-20(17)16-9-7-6-8-15(16)10-12-21-3/h6-9,13H,4-5,10-12H2,1-3H3,(H,18,19). The number of hydrogen-bond donors (Lipinski definition) is 1. The molecule has 1 N–H and O–H groups in total. The third kappa shape index (κ3) is 4.08. The molecule has 0 aliphatic heterocycles. The lowest BCUT2D eigenvalue weighted by molar-refractivity contribution is 0.202. The zero-order chi connectivity index (χ0) is 15.1. The molecule has 0 fully saturated rings. The number of aromatic nitrogens is 2. The summed E-state index contributed by atoms with van der Waals surface area (Å²) in [6.45, 7) is 5.90. The highest BCUT2D eigenvalue weighted by Crippen LogP contribution is 2.21. The van der Waals surface area contributed by atoms with E-state index in [4.69, 9.17) is 4.74 Å². The topological polar surface area (TPSA) is 39.1 Å². The minimum absolute atomic E-state index is 0.725. The van der Waals surface area contributed by atoms with Crippen LogP contribution in [0.2, 0.25) is 0 Å². The number of benzene rings is 1. The zero-order valence-corrected chi connectivity index (χ0v) is 13.2. The van der Waals surface area contributed by atoms with Crippen molar-refractivity contribution in [3.8, 4) is 5.69 Å². The molecule has 0 saturated heterocycles. The molecule has 0 aliphatic rings. The summed E-state index contributed by atoms with van der Waals surface area (Å²) in [4.78, 5) is 4.60. The molecule has 2 aromatic rings. The number of ether oxygens (including phenoxy) is 1. The number of imidazole rings is 1. The van der Waals surface area contributed by atoms with E-state index in [1.165, 1.54) is 17.7 Å². The number of para-hydroxylation sites is 1. The highest BCUT2D eigenvalue weighted by Gasteiger charge is 2.10. The summed E-state index contributed by atoms with van der Waals surface area (Å²) >= 11 is 0. The van der Waals surface area contributed by atoms with Gasteiger partial charge in [0.05, 0.1) is 18.0 Å².